The lowest BCUT2D eigenvalue weighted by Gasteiger charge is -2.42. The Balaban J connectivity index is 1.85. The van der Waals surface area contributed by atoms with Crippen molar-refractivity contribution in [2.45, 2.75) is 51.0 Å². The lowest BCUT2D eigenvalue weighted by Crippen LogP contribution is -2.52. The molecule has 3 heteroatoms. The Labute approximate surface area is 127 Å². The van der Waals surface area contributed by atoms with Crippen molar-refractivity contribution in [2.24, 2.45) is 11.7 Å². The van der Waals surface area contributed by atoms with Crippen molar-refractivity contribution in [3.05, 3.63) is 35.4 Å². The molecular weight excluding hydrogens is 260 g/mol. The van der Waals surface area contributed by atoms with Gasteiger partial charge in [0.1, 0.15) is 0 Å². The highest BCUT2D eigenvalue weighted by molar-refractivity contribution is 5.85. The van der Waals surface area contributed by atoms with Crippen LogP contribution in [0.3, 0.4) is 0 Å². The predicted octanol–water partition coefficient (Wildman–Crippen LogP) is 2.69. The molecule has 0 aromatic heterocycles. The van der Waals surface area contributed by atoms with Crippen LogP contribution in [0.5, 0.6) is 0 Å². The van der Waals surface area contributed by atoms with Gasteiger partial charge in [0.15, 0.2) is 0 Å². The van der Waals surface area contributed by atoms with Crippen LogP contribution < -0.4 is 5.73 Å². The molecule has 3 nitrogen and oxygen atoms in total. The Bertz CT molecular complexity index is 514. The third kappa shape index (κ3) is 2.71. The standard InChI is InChI=1S/C18H26N2O/c1-13-6-5-11-20(17(13)12-19)18(21)16-10-4-8-14-7-2-3-9-15(14)16/h2-3,7,9,13,16-17H,4-6,8,10-12,19H2,1H3. The van der Waals surface area contributed by atoms with Crippen molar-refractivity contribution in [3.63, 3.8) is 0 Å². The van der Waals surface area contributed by atoms with Crippen molar-refractivity contribution >= 4 is 5.91 Å². The molecule has 0 saturated carbocycles. The molecule has 0 spiro atoms. The Morgan fingerprint density at radius 2 is 2.10 bits per heavy atom. The molecule has 0 bridgehead atoms. The first-order valence-corrected chi connectivity index (χ1v) is 8.30. The van der Waals surface area contributed by atoms with E-state index in [2.05, 4.69) is 36.1 Å². The zero-order chi connectivity index (χ0) is 14.8. The number of aryl methyl sites for hydroxylation is 1. The van der Waals surface area contributed by atoms with Gasteiger partial charge in [0.2, 0.25) is 5.91 Å². The summed E-state index contributed by atoms with van der Waals surface area (Å²) in [6.45, 7) is 3.69. The minimum Gasteiger partial charge on any atom is -0.338 e. The number of rotatable bonds is 2. The van der Waals surface area contributed by atoms with Crippen molar-refractivity contribution in [1.82, 2.24) is 4.90 Å². The van der Waals surface area contributed by atoms with E-state index >= 15 is 0 Å². The van der Waals surface area contributed by atoms with Gasteiger partial charge in [0, 0.05) is 19.1 Å². The lowest BCUT2D eigenvalue weighted by molar-refractivity contribution is -0.138. The number of hydrogen-bond donors (Lipinski definition) is 1. The van der Waals surface area contributed by atoms with Gasteiger partial charge < -0.3 is 10.6 Å². The Morgan fingerprint density at radius 3 is 2.90 bits per heavy atom. The van der Waals surface area contributed by atoms with E-state index in [4.69, 9.17) is 5.73 Å². The third-order valence-electron chi connectivity index (χ3n) is 5.31. The summed E-state index contributed by atoms with van der Waals surface area (Å²) in [6.07, 6.45) is 5.50. The number of hydrogen-bond acceptors (Lipinski definition) is 2. The molecule has 1 aromatic rings. The number of piperidine rings is 1. The van der Waals surface area contributed by atoms with Crippen LogP contribution in [-0.4, -0.2) is 29.9 Å². The number of nitrogens with zero attached hydrogens (tertiary/aromatic N) is 1. The monoisotopic (exact) mass is 286 g/mol. The molecular formula is C18H26N2O. The number of fused-ring (bicyclic) bond motifs is 1. The molecule has 3 rings (SSSR count). The zero-order valence-corrected chi connectivity index (χ0v) is 12.9. The largest absolute Gasteiger partial charge is 0.338 e. The van der Waals surface area contributed by atoms with Gasteiger partial charge in [-0.1, -0.05) is 31.2 Å². The molecule has 2 aliphatic rings. The van der Waals surface area contributed by atoms with Crippen molar-refractivity contribution in [2.75, 3.05) is 13.1 Å². The van der Waals surface area contributed by atoms with E-state index in [-0.39, 0.29) is 12.0 Å². The maximum absolute atomic E-state index is 13.1. The van der Waals surface area contributed by atoms with E-state index in [9.17, 15) is 4.79 Å². The summed E-state index contributed by atoms with van der Waals surface area (Å²) >= 11 is 0. The second-order valence-corrected chi connectivity index (χ2v) is 6.60. The summed E-state index contributed by atoms with van der Waals surface area (Å²) in [4.78, 5) is 15.2. The smallest absolute Gasteiger partial charge is 0.230 e. The fourth-order valence-corrected chi connectivity index (χ4v) is 4.09. The minimum absolute atomic E-state index is 0.0503. The molecule has 1 fully saturated rings. The Hall–Kier alpha value is -1.35. The second kappa shape index (κ2) is 6.18. The molecule has 1 saturated heterocycles. The molecule has 3 unspecified atom stereocenters. The first kappa shape index (κ1) is 14.6. The summed E-state index contributed by atoms with van der Waals surface area (Å²) in [7, 11) is 0. The van der Waals surface area contributed by atoms with E-state index in [1.807, 2.05) is 0 Å². The number of amides is 1. The van der Waals surface area contributed by atoms with Gasteiger partial charge in [0.05, 0.1) is 5.92 Å². The SMILES string of the molecule is CC1CCCN(C(=O)C2CCCc3ccccc32)C1CN. The molecule has 1 aromatic carbocycles. The normalized spacial score (nSPS) is 29.0. The molecule has 1 aliphatic heterocycles. The van der Waals surface area contributed by atoms with Crippen LogP contribution in [0.25, 0.3) is 0 Å². The Kier molecular flexibility index (Phi) is 4.29. The summed E-state index contributed by atoms with van der Waals surface area (Å²) in [5, 5.41) is 0. The summed E-state index contributed by atoms with van der Waals surface area (Å²) in [6, 6.07) is 8.68. The van der Waals surface area contributed by atoms with Gasteiger partial charge >= 0.3 is 0 Å². The maximum Gasteiger partial charge on any atom is 0.230 e. The third-order valence-corrected chi connectivity index (χ3v) is 5.31. The van der Waals surface area contributed by atoms with Crippen molar-refractivity contribution < 1.29 is 4.79 Å². The molecule has 1 amide bonds. The van der Waals surface area contributed by atoms with Crippen LogP contribution in [0.4, 0.5) is 0 Å². The van der Waals surface area contributed by atoms with E-state index < -0.39 is 0 Å². The van der Waals surface area contributed by atoms with E-state index in [1.54, 1.807) is 0 Å². The summed E-state index contributed by atoms with van der Waals surface area (Å²) in [5.74, 6) is 0.880. The molecule has 21 heavy (non-hydrogen) atoms. The number of nitrogens with two attached hydrogens (primary N) is 1. The van der Waals surface area contributed by atoms with Gasteiger partial charge in [-0.25, -0.2) is 0 Å². The summed E-state index contributed by atoms with van der Waals surface area (Å²) < 4.78 is 0. The molecule has 2 N–H and O–H groups in total. The fourth-order valence-electron chi connectivity index (χ4n) is 4.09. The molecule has 3 atom stereocenters. The molecule has 1 heterocycles. The van der Waals surface area contributed by atoms with Crippen molar-refractivity contribution in [3.8, 4) is 0 Å². The zero-order valence-electron chi connectivity index (χ0n) is 12.9. The number of likely N-dealkylation sites (tertiary alicyclic amines) is 1. The van der Waals surface area contributed by atoms with Gasteiger partial charge in [-0.05, 0) is 49.1 Å². The molecule has 0 radical (unpaired) electrons. The van der Waals surface area contributed by atoms with Crippen LogP contribution in [0, 0.1) is 5.92 Å². The predicted molar refractivity (Wildman–Crippen MR) is 85.1 cm³/mol. The summed E-state index contributed by atoms with van der Waals surface area (Å²) in [5.41, 5.74) is 8.56. The van der Waals surface area contributed by atoms with Gasteiger partial charge in [-0.2, -0.15) is 0 Å². The fraction of sp³-hybridized carbons (Fsp3) is 0.611. The quantitative estimate of drug-likeness (QED) is 0.908. The average molecular weight is 286 g/mol. The Morgan fingerprint density at radius 1 is 1.29 bits per heavy atom. The van der Waals surface area contributed by atoms with Crippen LogP contribution in [0.15, 0.2) is 24.3 Å². The van der Waals surface area contributed by atoms with Gasteiger partial charge in [-0.15, -0.1) is 0 Å². The van der Waals surface area contributed by atoms with Gasteiger partial charge in [0.25, 0.3) is 0 Å². The minimum atomic E-state index is 0.0503. The van der Waals surface area contributed by atoms with Crippen LogP contribution >= 0.6 is 0 Å². The van der Waals surface area contributed by atoms with Gasteiger partial charge in [-0.3, -0.25) is 4.79 Å². The number of carbonyl (C=O) groups excluding carboxylic acids is 1. The number of benzene rings is 1. The average Bonchev–Trinajstić information content (AvgIpc) is 2.53. The van der Waals surface area contributed by atoms with Crippen molar-refractivity contribution in [1.29, 1.82) is 0 Å². The topological polar surface area (TPSA) is 46.3 Å². The highest BCUT2D eigenvalue weighted by atomic mass is 16.2. The molecule has 1 aliphatic carbocycles. The van der Waals surface area contributed by atoms with E-state index in [0.717, 1.165) is 32.2 Å². The first-order valence-electron chi connectivity index (χ1n) is 8.30. The maximum atomic E-state index is 13.1. The van der Waals surface area contributed by atoms with E-state index in [0.29, 0.717) is 18.4 Å². The van der Waals surface area contributed by atoms with Crippen LogP contribution in [-0.2, 0) is 11.2 Å². The highest BCUT2D eigenvalue weighted by Crippen LogP contribution is 2.35. The first-order chi connectivity index (χ1) is 10.2. The number of carbonyl (C=O) groups is 1. The molecule has 114 valence electrons. The lowest BCUT2D eigenvalue weighted by atomic mass is 9.80. The van der Waals surface area contributed by atoms with Crippen LogP contribution in [0.1, 0.15) is 49.7 Å². The highest BCUT2D eigenvalue weighted by Gasteiger charge is 2.36. The van der Waals surface area contributed by atoms with E-state index in [1.165, 1.54) is 17.5 Å². The van der Waals surface area contributed by atoms with Crippen LogP contribution in [0.2, 0.25) is 0 Å². The second-order valence-electron chi connectivity index (χ2n) is 6.60.